The standard InChI is InChI=1S/C10H19NO2/c1-3-8(2)6-10(13)11-5-4-9(12)7-11/h8-9,12H,3-7H2,1-2H3/t8-,9+/m1/s1. The molecule has 0 bridgehead atoms. The van der Waals surface area contributed by atoms with Gasteiger partial charge in [-0.1, -0.05) is 20.3 Å². The summed E-state index contributed by atoms with van der Waals surface area (Å²) >= 11 is 0. The van der Waals surface area contributed by atoms with E-state index >= 15 is 0 Å². The third-order valence-corrected chi connectivity index (χ3v) is 2.74. The van der Waals surface area contributed by atoms with Gasteiger partial charge in [0.15, 0.2) is 0 Å². The number of likely N-dealkylation sites (tertiary alicyclic amines) is 1. The van der Waals surface area contributed by atoms with Crippen molar-refractivity contribution in [1.82, 2.24) is 4.90 Å². The molecule has 1 amide bonds. The average Bonchev–Trinajstić information content (AvgIpc) is 2.51. The van der Waals surface area contributed by atoms with Crippen molar-refractivity contribution in [2.45, 2.75) is 39.2 Å². The fourth-order valence-corrected chi connectivity index (χ4v) is 1.54. The molecule has 0 aromatic heterocycles. The van der Waals surface area contributed by atoms with Crippen molar-refractivity contribution in [3.63, 3.8) is 0 Å². The predicted molar refractivity (Wildman–Crippen MR) is 51.3 cm³/mol. The van der Waals surface area contributed by atoms with Crippen LogP contribution in [-0.2, 0) is 4.79 Å². The van der Waals surface area contributed by atoms with Gasteiger partial charge in [0.2, 0.25) is 5.91 Å². The van der Waals surface area contributed by atoms with Crippen molar-refractivity contribution in [2.75, 3.05) is 13.1 Å². The molecule has 13 heavy (non-hydrogen) atoms. The molecule has 1 heterocycles. The van der Waals surface area contributed by atoms with Crippen LogP contribution in [0.2, 0.25) is 0 Å². The molecule has 3 heteroatoms. The molecule has 1 fully saturated rings. The van der Waals surface area contributed by atoms with Crippen molar-refractivity contribution in [1.29, 1.82) is 0 Å². The Kier molecular flexibility index (Phi) is 3.72. The number of hydrogen-bond donors (Lipinski definition) is 1. The van der Waals surface area contributed by atoms with Crippen molar-refractivity contribution in [2.24, 2.45) is 5.92 Å². The van der Waals surface area contributed by atoms with Gasteiger partial charge in [0.1, 0.15) is 0 Å². The van der Waals surface area contributed by atoms with Crippen LogP contribution in [-0.4, -0.2) is 35.1 Å². The lowest BCUT2D eigenvalue weighted by Gasteiger charge is -2.17. The maximum absolute atomic E-state index is 11.6. The highest BCUT2D eigenvalue weighted by Gasteiger charge is 2.24. The van der Waals surface area contributed by atoms with Crippen molar-refractivity contribution >= 4 is 5.91 Å². The van der Waals surface area contributed by atoms with Crippen LogP contribution >= 0.6 is 0 Å². The summed E-state index contributed by atoms with van der Waals surface area (Å²) in [5.74, 6) is 0.663. The molecule has 0 saturated carbocycles. The average molecular weight is 185 g/mol. The first-order chi connectivity index (χ1) is 6.13. The van der Waals surface area contributed by atoms with Crippen molar-refractivity contribution in [3.05, 3.63) is 0 Å². The number of carbonyl (C=O) groups excluding carboxylic acids is 1. The van der Waals surface area contributed by atoms with Gasteiger partial charge in [-0.25, -0.2) is 0 Å². The molecule has 3 nitrogen and oxygen atoms in total. The van der Waals surface area contributed by atoms with E-state index in [1.807, 2.05) is 0 Å². The van der Waals surface area contributed by atoms with Crippen molar-refractivity contribution in [3.8, 4) is 0 Å². The molecular weight excluding hydrogens is 166 g/mol. The highest BCUT2D eigenvalue weighted by atomic mass is 16.3. The lowest BCUT2D eigenvalue weighted by Crippen LogP contribution is -2.30. The molecule has 2 atom stereocenters. The predicted octanol–water partition coefficient (Wildman–Crippen LogP) is 1.02. The number of amides is 1. The van der Waals surface area contributed by atoms with Gasteiger partial charge in [-0.3, -0.25) is 4.79 Å². The lowest BCUT2D eigenvalue weighted by atomic mass is 10.0. The van der Waals surface area contributed by atoms with Gasteiger partial charge < -0.3 is 10.0 Å². The Balaban J connectivity index is 2.31. The largest absolute Gasteiger partial charge is 0.391 e. The summed E-state index contributed by atoms with van der Waals surface area (Å²) in [7, 11) is 0. The quantitative estimate of drug-likeness (QED) is 0.713. The van der Waals surface area contributed by atoms with E-state index in [9.17, 15) is 9.90 Å². The maximum Gasteiger partial charge on any atom is 0.222 e. The SMILES string of the molecule is CC[C@@H](C)CC(=O)N1CC[C@H](O)C1. The normalized spacial score (nSPS) is 24.8. The smallest absolute Gasteiger partial charge is 0.222 e. The van der Waals surface area contributed by atoms with Gasteiger partial charge in [-0.2, -0.15) is 0 Å². The first-order valence-corrected chi connectivity index (χ1v) is 5.09. The highest BCUT2D eigenvalue weighted by molar-refractivity contribution is 5.76. The number of rotatable bonds is 3. The molecule has 0 spiro atoms. The number of aliphatic hydroxyl groups is 1. The molecule has 0 radical (unpaired) electrons. The second-order valence-electron chi connectivity index (χ2n) is 4.00. The maximum atomic E-state index is 11.6. The minimum absolute atomic E-state index is 0.200. The molecule has 1 aliphatic heterocycles. The Morgan fingerprint density at radius 1 is 1.69 bits per heavy atom. The van der Waals surface area contributed by atoms with Gasteiger partial charge >= 0.3 is 0 Å². The number of aliphatic hydroxyl groups excluding tert-OH is 1. The van der Waals surface area contributed by atoms with Crippen LogP contribution in [0.3, 0.4) is 0 Å². The van der Waals surface area contributed by atoms with E-state index in [1.165, 1.54) is 0 Å². The summed E-state index contributed by atoms with van der Waals surface area (Å²) in [6.07, 6.45) is 2.12. The monoisotopic (exact) mass is 185 g/mol. The summed E-state index contributed by atoms with van der Waals surface area (Å²) in [6.45, 7) is 5.45. The molecule has 1 aliphatic rings. The van der Waals surface area contributed by atoms with Crippen LogP contribution in [0, 0.1) is 5.92 Å². The summed E-state index contributed by atoms with van der Waals surface area (Å²) in [4.78, 5) is 13.3. The molecule has 1 N–H and O–H groups in total. The van der Waals surface area contributed by atoms with Gasteiger partial charge in [-0.05, 0) is 12.3 Å². The summed E-state index contributed by atoms with van der Waals surface area (Å²) in [5, 5.41) is 9.25. The van der Waals surface area contributed by atoms with Gasteiger partial charge in [-0.15, -0.1) is 0 Å². The molecule has 0 aliphatic carbocycles. The highest BCUT2D eigenvalue weighted by Crippen LogP contribution is 2.14. The molecule has 0 aromatic rings. The number of β-amino-alcohol motifs (C(OH)–C–C–N with tert-alkyl or cyclic N) is 1. The zero-order valence-corrected chi connectivity index (χ0v) is 8.49. The molecule has 0 aromatic carbocycles. The third-order valence-electron chi connectivity index (χ3n) is 2.74. The Bertz CT molecular complexity index is 182. The fraction of sp³-hybridized carbons (Fsp3) is 0.900. The molecule has 1 rings (SSSR count). The van der Waals surface area contributed by atoms with Crippen LogP contribution in [0.25, 0.3) is 0 Å². The van der Waals surface area contributed by atoms with Crippen LogP contribution in [0.5, 0.6) is 0 Å². The lowest BCUT2D eigenvalue weighted by molar-refractivity contribution is -0.131. The topological polar surface area (TPSA) is 40.5 Å². The second kappa shape index (κ2) is 4.61. The van der Waals surface area contributed by atoms with Gasteiger partial charge in [0, 0.05) is 19.5 Å². The van der Waals surface area contributed by atoms with Crippen LogP contribution in [0.1, 0.15) is 33.1 Å². The van der Waals surface area contributed by atoms with Crippen LogP contribution in [0.15, 0.2) is 0 Å². The van der Waals surface area contributed by atoms with E-state index in [-0.39, 0.29) is 12.0 Å². The fourth-order valence-electron chi connectivity index (χ4n) is 1.54. The first-order valence-electron chi connectivity index (χ1n) is 5.09. The zero-order valence-electron chi connectivity index (χ0n) is 8.49. The number of nitrogens with zero attached hydrogens (tertiary/aromatic N) is 1. The minimum Gasteiger partial charge on any atom is -0.391 e. The van der Waals surface area contributed by atoms with Crippen molar-refractivity contribution < 1.29 is 9.90 Å². The van der Waals surface area contributed by atoms with Gasteiger partial charge in [0.05, 0.1) is 6.10 Å². The van der Waals surface area contributed by atoms with E-state index in [1.54, 1.807) is 4.90 Å². The van der Waals surface area contributed by atoms with E-state index < -0.39 is 0 Å². The molecule has 76 valence electrons. The summed E-state index contributed by atoms with van der Waals surface area (Å²) in [5.41, 5.74) is 0. The Labute approximate surface area is 79.7 Å². The van der Waals surface area contributed by atoms with Crippen LogP contribution in [0.4, 0.5) is 0 Å². The summed E-state index contributed by atoms with van der Waals surface area (Å²) in [6, 6.07) is 0. The van der Waals surface area contributed by atoms with Gasteiger partial charge in [0.25, 0.3) is 0 Å². The van der Waals surface area contributed by atoms with E-state index in [0.717, 1.165) is 19.4 Å². The zero-order chi connectivity index (χ0) is 9.84. The second-order valence-corrected chi connectivity index (χ2v) is 4.00. The number of hydrogen-bond acceptors (Lipinski definition) is 2. The van der Waals surface area contributed by atoms with E-state index in [2.05, 4.69) is 13.8 Å². The Hall–Kier alpha value is -0.570. The Morgan fingerprint density at radius 2 is 2.38 bits per heavy atom. The Morgan fingerprint density at radius 3 is 2.85 bits per heavy atom. The molecular formula is C10H19NO2. The summed E-state index contributed by atoms with van der Waals surface area (Å²) < 4.78 is 0. The first kappa shape index (κ1) is 10.5. The number of carbonyl (C=O) groups is 1. The molecule has 0 unspecified atom stereocenters. The minimum atomic E-state index is -0.291. The van der Waals surface area contributed by atoms with E-state index in [0.29, 0.717) is 18.9 Å². The molecule has 1 saturated heterocycles. The van der Waals surface area contributed by atoms with Crippen LogP contribution < -0.4 is 0 Å². The van der Waals surface area contributed by atoms with E-state index in [4.69, 9.17) is 0 Å². The third kappa shape index (κ3) is 2.99.